The van der Waals surface area contributed by atoms with Crippen LogP contribution in [0.4, 0.5) is 5.82 Å². The quantitative estimate of drug-likeness (QED) is 0.547. The van der Waals surface area contributed by atoms with Crippen LogP contribution in [0.2, 0.25) is 0 Å². The van der Waals surface area contributed by atoms with Crippen molar-refractivity contribution >= 4 is 32.5 Å². The van der Waals surface area contributed by atoms with Crippen LogP contribution in [0.3, 0.4) is 0 Å². The first-order valence-corrected chi connectivity index (χ1v) is 12.9. The van der Waals surface area contributed by atoms with Crippen molar-refractivity contribution in [2.75, 3.05) is 18.5 Å². The van der Waals surface area contributed by atoms with E-state index < -0.39 is 21.1 Å². The highest BCUT2D eigenvalue weighted by Crippen LogP contribution is 2.38. The molecule has 1 aromatic carbocycles. The summed E-state index contributed by atoms with van der Waals surface area (Å²) >= 11 is 0. The Hall–Kier alpha value is -3.23. The first kappa shape index (κ1) is 22.6. The van der Waals surface area contributed by atoms with Gasteiger partial charge in [-0.1, -0.05) is 0 Å². The van der Waals surface area contributed by atoms with Crippen LogP contribution < -0.4 is 5.32 Å². The Morgan fingerprint density at radius 3 is 2.71 bits per heavy atom. The Kier molecular flexibility index (Phi) is 5.87. The highest BCUT2D eigenvalue weighted by molar-refractivity contribution is 7.92. The Bertz CT molecular complexity index is 1380. The molecule has 11 heteroatoms. The SMILES string of the molecule is Cn1ccc(NC(=O)[C@H](CC2CCOCC2)n2ncc3c(S(=O)(=O)C4CC4)cc(C#N)cc32)n1. The highest BCUT2D eigenvalue weighted by Gasteiger charge is 2.39. The van der Waals surface area contributed by atoms with Gasteiger partial charge in [-0.2, -0.15) is 15.5 Å². The summed E-state index contributed by atoms with van der Waals surface area (Å²) in [6, 6.07) is 6.10. The molecule has 2 aliphatic rings. The first-order chi connectivity index (χ1) is 16.4. The number of carbonyl (C=O) groups is 1. The number of anilines is 1. The predicted molar refractivity (Wildman–Crippen MR) is 124 cm³/mol. The van der Waals surface area contributed by atoms with E-state index in [4.69, 9.17) is 4.74 Å². The van der Waals surface area contributed by atoms with Crippen LogP contribution >= 0.6 is 0 Å². The fourth-order valence-corrected chi connectivity index (χ4v) is 6.40. The molecule has 1 atom stereocenters. The van der Waals surface area contributed by atoms with Gasteiger partial charge in [0.25, 0.3) is 0 Å². The molecule has 10 nitrogen and oxygen atoms in total. The lowest BCUT2D eigenvalue weighted by molar-refractivity contribution is -0.120. The van der Waals surface area contributed by atoms with Crippen LogP contribution in [0.5, 0.6) is 0 Å². The van der Waals surface area contributed by atoms with Crippen LogP contribution in [-0.4, -0.2) is 52.3 Å². The van der Waals surface area contributed by atoms with Crippen molar-refractivity contribution < 1.29 is 17.9 Å². The van der Waals surface area contributed by atoms with Gasteiger partial charge in [-0.3, -0.25) is 14.2 Å². The number of aryl methyl sites for hydroxylation is 1. The number of nitrogens with zero attached hydrogens (tertiary/aromatic N) is 5. The maximum Gasteiger partial charge on any atom is 0.250 e. The Balaban J connectivity index is 1.58. The lowest BCUT2D eigenvalue weighted by atomic mass is 9.92. The number of rotatable bonds is 7. The number of ether oxygens (including phenoxy) is 1. The summed E-state index contributed by atoms with van der Waals surface area (Å²) in [4.78, 5) is 13.6. The number of nitriles is 1. The number of sulfone groups is 1. The number of hydrogen-bond acceptors (Lipinski definition) is 7. The maximum atomic E-state index is 13.5. The van der Waals surface area contributed by atoms with Crippen molar-refractivity contribution in [3.8, 4) is 6.07 Å². The minimum Gasteiger partial charge on any atom is -0.381 e. The fourth-order valence-electron chi connectivity index (χ4n) is 4.53. The van der Waals surface area contributed by atoms with E-state index in [1.807, 2.05) is 0 Å². The minimum atomic E-state index is -3.56. The average molecular weight is 483 g/mol. The zero-order chi connectivity index (χ0) is 23.9. The minimum absolute atomic E-state index is 0.116. The van der Waals surface area contributed by atoms with Crippen LogP contribution in [0.1, 0.15) is 43.7 Å². The van der Waals surface area contributed by atoms with Gasteiger partial charge in [0.15, 0.2) is 15.7 Å². The molecule has 0 spiro atoms. The standard InChI is InChI=1S/C23H26N6O4S/c1-28-7-4-22(27-28)26-23(30)20(10-15-5-8-33-9-6-15)29-19-11-16(13-24)12-21(18(19)14-25-29)34(31,32)17-2-3-17/h4,7,11-12,14-15,17,20H,2-3,5-6,8-10H2,1H3,(H,26,27,30)/t20-/m0/s1. The number of aromatic nitrogens is 4. The van der Waals surface area contributed by atoms with Gasteiger partial charge in [0.05, 0.1) is 33.5 Å². The zero-order valence-corrected chi connectivity index (χ0v) is 19.7. The summed E-state index contributed by atoms with van der Waals surface area (Å²) in [5.74, 6) is 0.390. The smallest absolute Gasteiger partial charge is 0.250 e. The van der Waals surface area contributed by atoms with Crippen molar-refractivity contribution in [2.24, 2.45) is 13.0 Å². The average Bonchev–Trinajstić information content (AvgIpc) is 3.51. The van der Waals surface area contributed by atoms with E-state index in [0.29, 0.717) is 49.2 Å². The number of fused-ring (bicyclic) bond motifs is 1. The molecule has 178 valence electrons. The van der Waals surface area contributed by atoms with Gasteiger partial charge in [-0.25, -0.2) is 8.42 Å². The molecule has 0 bridgehead atoms. The second-order valence-electron chi connectivity index (χ2n) is 9.02. The predicted octanol–water partition coefficient (Wildman–Crippen LogP) is 2.57. The van der Waals surface area contributed by atoms with Crippen molar-refractivity contribution in [1.29, 1.82) is 5.26 Å². The molecular weight excluding hydrogens is 456 g/mol. The van der Waals surface area contributed by atoms with E-state index >= 15 is 0 Å². The van der Waals surface area contributed by atoms with Gasteiger partial charge < -0.3 is 10.1 Å². The third-order valence-electron chi connectivity index (χ3n) is 6.54. The molecule has 0 unspecified atom stereocenters. The second-order valence-corrected chi connectivity index (χ2v) is 11.2. The largest absolute Gasteiger partial charge is 0.381 e. The van der Waals surface area contributed by atoms with Gasteiger partial charge in [0.2, 0.25) is 5.91 Å². The van der Waals surface area contributed by atoms with Gasteiger partial charge in [-0.15, -0.1) is 0 Å². The fraction of sp³-hybridized carbons (Fsp3) is 0.478. The van der Waals surface area contributed by atoms with E-state index in [1.54, 1.807) is 34.7 Å². The lowest BCUT2D eigenvalue weighted by Gasteiger charge is -2.26. The van der Waals surface area contributed by atoms with Gasteiger partial charge >= 0.3 is 0 Å². The first-order valence-electron chi connectivity index (χ1n) is 11.4. The molecule has 0 radical (unpaired) electrons. The summed E-state index contributed by atoms with van der Waals surface area (Å²) < 4.78 is 34.8. The van der Waals surface area contributed by atoms with Crippen molar-refractivity contribution in [2.45, 2.75) is 48.3 Å². The molecule has 1 N–H and O–H groups in total. The van der Waals surface area contributed by atoms with Gasteiger partial charge in [0.1, 0.15) is 6.04 Å². The molecule has 1 saturated carbocycles. The van der Waals surface area contributed by atoms with Crippen LogP contribution in [0, 0.1) is 17.2 Å². The summed E-state index contributed by atoms with van der Waals surface area (Å²) in [5, 5.41) is 21.2. The summed E-state index contributed by atoms with van der Waals surface area (Å²) in [6.07, 6.45) is 6.65. The third kappa shape index (κ3) is 4.31. The molecule has 2 aromatic heterocycles. The number of nitrogens with one attached hydrogen (secondary N) is 1. The molecule has 5 rings (SSSR count). The van der Waals surface area contributed by atoms with E-state index in [0.717, 1.165) is 12.8 Å². The normalized spacial score (nSPS) is 18.0. The van der Waals surface area contributed by atoms with Crippen LogP contribution in [-0.2, 0) is 26.4 Å². The molecule has 1 amide bonds. The lowest BCUT2D eigenvalue weighted by Crippen LogP contribution is -2.30. The molecule has 1 saturated heterocycles. The summed E-state index contributed by atoms with van der Waals surface area (Å²) in [7, 11) is -1.80. The van der Waals surface area contributed by atoms with Gasteiger partial charge in [0, 0.05) is 37.9 Å². The van der Waals surface area contributed by atoms with Crippen LogP contribution in [0.15, 0.2) is 35.5 Å². The monoisotopic (exact) mass is 482 g/mol. The third-order valence-corrected chi connectivity index (χ3v) is 8.84. The van der Waals surface area contributed by atoms with Gasteiger partial charge in [-0.05, 0) is 50.2 Å². The van der Waals surface area contributed by atoms with Crippen molar-refractivity contribution in [3.05, 3.63) is 36.2 Å². The van der Waals surface area contributed by atoms with Crippen LogP contribution in [0.25, 0.3) is 10.9 Å². The zero-order valence-electron chi connectivity index (χ0n) is 18.8. The number of hydrogen-bond donors (Lipinski definition) is 1. The number of benzene rings is 1. The molecule has 3 heterocycles. The molecular formula is C23H26N6O4S. The van der Waals surface area contributed by atoms with E-state index in [-0.39, 0.29) is 22.3 Å². The maximum absolute atomic E-state index is 13.5. The Labute approximate surface area is 197 Å². The van der Waals surface area contributed by atoms with E-state index in [2.05, 4.69) is 21.6 Å². The van der Waals surface area contributed by atoms with E-state index in [1.165, 1.54) is 12.3 Å². The molecule has 34 heavy (non-hydrogen) atoms. The Morgan fingerprint density at radius 2 is 2.06 bits per heavy atom. The summed E-state index contributed by atoms with van der Waals surface area (Å²) in [6.45, 7) is 1.28. The molecule has 1 aliphatic heterocycles. The molecule has 2 fully saturated rings. The summed E-state index contributed by atoms with van der Waals surface area (Å²) in [5.41, 5.74) is 0.690. The number of carbonyl (C=O) groups excluding carboxylic acids is 1. The van der Waals surface area contributed by atoms with Crippen molar-refractivity contribution in [1.82, 2.24) is 19.6 Å². The highest BCUT2D eigenvalue weighted by atomic mass is 32.2. The topological polar surface area (TPSA) is 132 Å². The van der Waals surface area contributed by atoms with E-state index in [9.17, 15) is 18.5 Å². The number of amides is 1. The van der Waals surface area contributed by atoms with Crippen molar-refractivity contribution in [3.63, 3.8) is 0 Å². The second kappa shape index (κ2) is 8.85. The Morgan fingerprint density at radius 1 is 1.29 bits per heavy atom. The molecule has 3 aromatic rings. The molecule has 1 aliphatic carbocycles.